The van der Waals surface area contributed by atoms with Gasteiger partial charge in [-0.15, -0.1) is 11.6 Å². The molecule has 0 radical (unpaired) electrons. The van der Waals surface area contributed by atoms with Crippen LogP contribution in [0.4, 0.5) is 5.95 Å². The van der Waals surface area contributed by atoms with Gasteiger partial charge in [0, 0.05) is 11.9 Å². The average molecular weight is 252 g/mol. The molecule has 1 atom stereocenters. The van der Waals surface area contributed by atoms with Crippen molar-refractivity contribution in [2.24, 2.45) is 0 Å². The van der Waals surface area contributed by atoms with E-state index in [0.717, 1.165) is 12.1 Å². The monoisotopic (exact) mass is 251 g/mol. The highest BCUT2D eigenvalue weighted by molar-refractivity contribution is 6.18. The first-order valence-corrected chi connectivity index (χ1v) is 6.05. The number of anilines is 1. The van der Waals surface area contributed by atoms with Crippen molar-refractivity contribution in [1.82, 2.24) is 20.2 Å². The third kappa shape index (κ3) is 2.74. The Balaban J connectivity index is 2.23. The van der Waals surface area contributed by atoms with Gasteiger partial charge in [0.2, 0.25) is 5.95 Å². The van der Waals surface area contributed by atoms with E-state index in [4.69, 9.17) is 11.6 Å². The van der Waals surface area contributed by atoms with Crippen molar-refractivity contribution in [2.45, 2.75) is 19.4 Å². The molecule has 0 amide bonds. The summed E-state index contributed by atoms with van der Waals surface area (Å²) in [6, 6.07) is 9.91. The number of aromatic nitrogens is 4. The first-order valence-electron chi connectivity index (χ1n) is 5.51. The van der Waals surface area contributed by atoms with E-state index in [-0.39, 0.29) is 6.04 Å². The highest BCUT2D eigenvalue weighted by atomic mass is 35.5. The second kappa shape index (κ2) is 5.63. The lowest BCUT2D eigenvalue weighted by Gasteiger charge is -2.13. The van der Waals surface area contributed by atoms with E-state index >= 15 is 0 Å². The van der Waals surface area contributed by atoms with Crippen molar-refractivity contribution in [1.29, 1.82) is 0 Å². The molecule has 0 aliphatic rings. The third-order valence-corrected chi connectivity index (χ3v) is 2.86. The molecule has 1 aromatic carbocycles. The van der Waals surface area contributed by atoms with Gasteiger partial charge in [-0.25, -0.2) is 0 Å². The Morgan fingerprint density at radius 3 is 2.76 bits per heavy atom. The Bertz CT molecular complexity index is 452. The van der Waals surface area contributed by atoms with Crippen LogP contribution in [0.2, 0.25) is 0 Å². The molecular weight excluding hydrogens is 238 g/mol. The molecule has 1 heterocycles. The number of halogens is 1. The molecule has 0 saturated heterocycles. The summed E-state index contributed by atoms with van der Waals surface area (Å²) in [6.45, 7) is 2.07. The number of hydrogen-bond donors (Lipinski definition) is 1. The maximum Gasteiger partial charge on any atom is 0.248 e. The second-order valence-corrected chi connectivity index (χ2v) is 3.96. The zero-order valence-electron chi connectivity index (χ0n) is 9.55. The van der Waals surface area contributed by atoms with Crippen LogP contribution in [-0.2, 0) is 0 Å². The van der Waals surface area contributed by atoms with Crippen LogP contribution in [0.15, 0.2) is 30.3 Å². The van der Waals surface area contributed by atoms with Gasteiger partial charge in [-0.05, 0) is 29.0 Å². The molecule has 0 spiro atoms. The number of benzene rings is 1. The quantitative estimate of drug-likeness (QED) is 0.827. The highest BCUT2D eigenvalue weighted by Gasteiger charge is 2.11. The van der Waals surface area contributed by atoms with E-state index in [9.17, 15) is 0 Å². The fraction of sp³-hybridized carbons (Fsp3) is 0.364. The van der Waals surface area contributed by atoms with Crippen molar-refractivity contribution >= 4 is 17.5 Å². The van der Waals surface area contributed by atoms with Gasteiger partial charge >= 0.3 is 0 Å². The van der Waals surface area contributed by atoms with E-state index in [0.29, 0.717) is 11.8 Å². The smallest absolute Gasteiger partial charge is 0.248 e. The number of alkyl halides is 1. The van der Waals surface area contributed by atoms with Crippen molar-refractivity contribution in [3.05, 3.63) is 30.3 Å². The van der Waals surface area contributed by atoms with Gasteiger partial charge in [0.1, 0.15) is 0 Å². The standard InChI is InChI=1S/C11H14ClN5/c1-2-9(8-12)13-11-14-15-16-17(11)10-6-4-3-5-7-10/h3-7,9H,2,8H2,1H3,(H,13,14,16). The molecule has 1 N–H and O–H groups in total. The van der Waals surface area contributed by atoms with Crippen LogP contribution in [0.3, 0.4) is 0 Å². The minimum absolute atomic E-state index is 0.171. The summed E-state index contributed by atoms with van der Waals surface area (Å²) in [5.74, 6) is 1.14. The van der Waals surface area contributed by atoms with E-state index in [2.05, 4.69) is 27.8 Å². The molecule has 2 aromatic rings. The summed E-state index contributed by atoms with van der Waals surface area (Å²) in [5.41, 5.74) is 0.921. The van der Waals surface area contributed by atoms with Crippen molar-refractivity contribution in [3.8, 4) is 5.69 Å². The van der Waals surface area contributed by atoms with Gasteiger partial charge in [-0.3, -0.25) is 0 Å². The van der Waals surface area contributed by atoms with Crippen LogP contribution in [0.5, 0.6) is 0 Å². The molecule has 0 bridgehead atoms. The minimum atomic E-state index is 0.171. The Kier molecular flexibility index (Phi) is 3.93. The zero-order valence-corrected chi connectivity index (χ0v) is 10.3. The molecule has 6 heteroatoms. The highest BCUT2D eigenvalue weighted by Crippen LogP contribution is 2.12. The van der Waals surface area contributed by atoms with Gasteiger partial charge in [0.25, 0.3) is 0 Å². The number of rotatable bonds is 5. The summed E-state index contributed by atoms with van der Waals surface area (Å²) in [7, 11) is 0. The fourth-order valence-electron chi connectivity index (χ4n) is 1.45. The van der Waals surface area contributed by atoms with Crippen molar-refractivity contribution < 1.29 is 0 Å². The minimum Gasteiger partial charge on any atom is -0.349 e. The zero-order chi connectivity index (χ0) is 12.1. The summed E-state index contributed by atoms with van der Waals surface area (Å²) < 4.78 is 1.66. The predicted octanol–water partition coefficient (Wildman–Crippen LogP) is 2.09. The molecule has 90 valence electrons. The topological polar surface area (TPSA) is 55.6 Å². The SMILES string of the molecule is CCC(CCl)Nc1nnnn1-c1ccccc1. The van der Waals surface area contributed by atoms with E-state index in [1.54, 1.807) is 4.68 Å². The van der Waals surface area contributed by atoms with E-state index in [1.807, 2.05) is 30.3 Å². The van der Waals surface area contributed by atoms with Crippen LogP contribution in [0, 0.1) is 0 Å². The Morgan fingerprint density at radius 2 is 2.12 bits per heavy atom. The number of nitrogens with zero attached hydrogens (tertiary/aromatic N) is 4. The van der Waals surface area contributed by atoms with Crippen molar-refractivity contribution in [2.75, 3.05) is 11.2 Å². The van der Waals surface area contributed by atoms with Gasteiger partial charge in [-0.1, -0.05) is 30.2 Å². The number of tetrazole rings is 1. The van der Waals surface area contributed by atoms with Gasteiger partial charge in [0.15, 0.2) is 0 Å². The molecule has 0 fully saturated rings. The largest absolute Gasteiger partial charge is 0.349 e. The molecule has 0 aliphatic carbocycles. The Labute approximate surface area is 105 Å². The lowest BCUT2D eigenvalue weighted by Crippen LogP contribution is -2.22. The van der Waals surface area contributed by atoms with Crippen LogP contribution in [-0.4, -0.2) is 32.1 Å². The maximum absolute atomic E-state index is 5.84. The lowest BCUT2D eigenvalue weighted by atomic mass is 10.3. The summed E-state index contributed by atoms with van der Waals surface area (Å²) in [6.07, 6.45) is 0.922. The third-order valence-electron chi connectivity index (χ3n) is 2.48. The Morgan fingerprint density at radius 1 is 1.35 bits per heavy atom. The van der Waals surface area contributed by atoms with E-state index < -0.39 is 0 Å². The van der Waals surface area contributed by atoms with Gasteiger partial charge in [-0.2, -0.15) is 4.68 Å². The predicted molar refractivity (Wildman–Crippen MR) is 67.6 cm³/mol. The number of para-hydroxylation sites is 1. The molecule has 0 aliphatic heterocycles. The van der Waals surface area contributed by atoms with Crippen LogP contribution >= 0.6 is 11.6 Å². The average Bonchev–Trinajstić information content (AvgIpc) is 2.85. The normalized spacial score (nSPS) is 12.4. The number of nitrogens with one attached hydrogen (secondary N) is 1. The fourth-order valence-corrected chi connectivity index (χ4v) is 1.75. The first kappa shape index (κ1) is 11.9. The summed E-state index contributed by atoms with van der Waals surface area (Å²) in [5, 5.41) is 14.8. The lowest BCUT2D eigenvalue weighted by molar-refractivity contribution is 0.743. The maximum atomic E-state index is 5.84. The van der Waals surface area contributed by atoms with Gasteiger partial charge < -0.3 is 5.32 Å². The molecule has 2 rings (SSSR count). The molecule has 1 aromatic heterocycles. The summed E-state index contributed by atoms with van der Waals surface area (Å²) in [4.78, 5) is 0. The van der Waals surface area contributed by atoms with Gasteiger partial charge in [0.05, 0.1) is 5.69 Å². The molecular formula is C11H14ClN5. The number of hydrogen-bond acceptors (Lipinski definition) is 4. The molecule has 0 saturated carbocycles. The van der Waals surface area contributed by atoms with Crippen LogP contribution < -0.4 is 5.32 Å². The first-order chi connectivity index (χ1) is 8.35. The Hall–Kier alpha value is -1.62. The van der Waals surface area contributed by atoms with Crippen molar-refractivity contribution in [3.63, 3.8) is 0 Å². The molecule has 5 nitrogen and oxygen atoms in total. The summed E-state index contributed by atoms with van der Waals surface area (Å²) >= 11 is 5.84. The second-order valence-electron chi connectivity index (χ2n) is 3.65. The van der Waals surface area contributed by atoms with Crippen LogP contribution in [0.25, 0.3) is 5.69 Å². The molecule has 17 heavy (non-hydrogen) atoms. The van der Waals surface area contributed by atoms with E-state index in [1.165, 1.54) is 0 Å². The van der Waals surface area contributed by atoms with Crippen LogP contribution in [0.1, 0.15) is 13.3 Å². The molecule has 1 unspecified atom stereocenters.